The molecule has 3 rings (SSSR count). The molecule has 5 heteroatoms. The third-order valence-electron chi connectivity index (χ3n) is 4.52. The molecule has 0 N–H and O–H groups in total. The minimum absolute atomic E-state index is 0.139. The number of carbonyl (C=O) groups is 2. The average Bonchev–Trinajstić information content (AvgIpc) is 2.74. The van der Waals surface area contributed by atoms with E-state index in [-0.39, 0.29) is 17.5 Å². The fourth-order valence-corrected chi connectivity index (χ4v) is 2.95. The fourth-order valence-electron chi connectivity index (χ4n) is 2.95. The van der Waals surface area contributed by atoms with Crippen LogP contribution in [0.3, 0.4) is 0 Å². The molecule has 1 atom stereocenters. The Labute approximate surface area is 169 Å². The van der Waals surface area contributed by atoms with Gasteiger partial charge in [-0.25, -0.2) is 4.39 Å². The number of ether oxygens (including phenoxy) is 1. The third-order valence-corrected chi connectivity index (χ3v) is 4.52. The molecule has 4 nitrogen and oxygen atoms in total. The van der Waals surface area contributed by atoms with Gasteiger partial charge in [0.1, 0.15) is 11.6 Å². The van der Waals surface area contributed by atoms with Gasteiger partial charge in [0.2, 0.25) is 0 Å². The SMILES string of the molecule is CC(Oc1ccc(C(=O)c2ccc(F)cc2)cc1)C(=O)N(C)Cc1ccccc1. The number of likely N-dealkylation sites (N-methyl/N-ethyl adjacent to an activating group) is 1. The van der Waals surface area contributed by atoms with Crippen molar-refractivity contribution >= 4 is 11.7 Å². The number of benzene rings is 3. The Morgan fingerprint density at radius 2 is 1.45 bits per heavy atom. The molecule has 29 heavy (non-hydrogen) atoms. The average molecular weight is 391 g/mol. The summed E-state index contributed by atoms with van der Waals surface area (Å²) in [5.74, 6) is -0.237. The summed E-state index contributed by atoms with van der Waals surface area (Å²) in [6.45, 7) is 2.19. The molecule has 1 amide bonds. The first-order valence-electron chi connectivity index (χ1n) is 9.30. The predicted octanol–water partition coefficient (Wildman–Crippen LogP) is 4.48. The summed E-state index contributed by atoms with van der Waals surface area (Å²) >= 11 is 0. The van der Waals surface area contributed by atoms with Crippen molar-refractivity contribution in [3.8, 4) is 5.75 Å². The Morgan fingerprint density at radius 3 is 2.03 bits per heavy atom. The van der Waals surface area contributed by atoms with Gasteiger partial charge >= 0.3 is 0 Å². The van der Waals surface area contributed by atoms with Crippen LogP contribution in [-0.2, 0) is 11.3 Å². The second-order valence-corrected chi connectivity index (χ2v) is 6.80. The highest BCUT2D eigenvalue weighted by atomic mass is 19.1. The van der Waals surface area contributed by atoms with Crippen molar-refractivity contribution in [2.45, 2.75) is 19.6 Å². The maximum absolute atomic E-state index is 13.0. The van der Waals surface area contributed by atoms with Crippen LogP contribution >= 0.6 is 0 Å². The topological polar surface area (TPSA) is 46.6 Å². The molecular weight excluding hydrogens is 369 g/mol. The molecular formula is C24H22FNO3. The quantitative estimate of drug-likeness (QED) is 0.558. The predicted molar refractivity (Wildman–Crippen MR) is 109 cm³/mol. The van der Waals surface area contributed by atoms with Crippen LogP contribution in [0.25, 0.3) is 0 Å². The summed E-state index contributed by atoms with van der Waals surface area (Å²) in [7, 11) is 1.74. The second-order valence-electron chi connectivity index (χ2n) is 6.80. The maximum Gasteiger partial charge on any atom is 0.263 e. The van der Waals surface area contributed by atoms with Gasteiger partial charge in [-0.3, -0.25) is 9.59 Å². The highest BCUT2D eigenvalue weighted by Crippen LogP contribution is 2.18. The Bertz CT molecular complexity index is 969. The van der Waals surface area contributed by atoms with E-state index >= 15 is 0 Å². The largest absolute Gasteiger partial charge is 0.481 e. The first-order chi connectivity index (χ1) is 13.9. The van der Waals surface area contributed by atoms with Gasteiger partial charge in [0.15, 0.2) is 11.9 Å². The molecule has 0 saturated heterocycles. The number of rotatable bonds is 7. The van der Waals surface area contributed by atoms with Gasteiger partial charge in [0, 0.05) is 24.7 Å². The molecule has 0 aliphatic heterocycles. The Hall–Kier alpha value is -3.47. The van der Waals surface area contributed by atoms with Gasteiger partial charge in [0.25, 0.3) is 5.91 Å². The molecule has 0 spiro atoms. The smallest absolute Gasteiger partial charge is 0.263 e. The van der Waals surface area contributed by atoms with Crippen LogP contribution in [0, 0.1) is 5.82 Å². The minimum Gasteiger partial charge on any atom is -0.481 e. The summed E-state index contributed by atoms with van der Waals surface area (Å²) in [5, 5.41) is 0. The van der Waals surface area contributed by atoms with Crippen LogP contribution in [0.5, 0.6) is 5.75 Å². The highest BCUT2D eigenvalue weighted by Gasteiger charge is 2.19. The van der Waals surface area contributed by atoms with E-state index in [0.717, 1.165) is 5.56 Å². The zero-order valence-corrected chi connectivity index (χ0v) is 16.3. The molecule has 0 aliphatic rings. The van der Waals surface area contributed by atoms with Crippen molar-refractivity contribution < 1.29 is 18.7 Å². The summed E-state index contributed by atoms with van der Waals surface area (Å²) in [4.78, 5) is 26.6. The van der Waals surface area contributed by atoms with Gasteiger partial charge in [-0.2, -0.15) is 0 Å². The minimum atomic E-state index is -0.664. The van der Waals surface area contributed by atoms with Crippen molar-refractivity contribution in [2.24, 2.45) is 0 Å². The molecule has 3 aromatic carbocycles. The molecule has 0 bridgehead atoms. The number of hydrogen-bond acceptors (Lipinski definition) is 3. The van der Waals surface area contributed by atoms with Crippen molar-refractivity contribution in [3.63, 3.8) is 0 Å². The lowest BCUT2D eigenvalue weighted by Gasteiger charge is -2.22. The number of nitrogens with zero attached hydrogens (tertiary/aromatic N) is 1. The Balaban J connectivity index is 1.60. The van der Waals surface area contributed by atoms with E-state index in [1.807, 2.05) is 30.3 Å². The molecule has 0 aromatic heterocycles. The monoisotopic (exact) mass is 391 g/mol. The van der Waals surface area contributed by atoms with E-state index in [0.29, 0.717) is 23.4 Å². The summed E-state index contributed by atoms with van der Waals surface area (Å²) in [5.41, 5.74) is 1.91. The molecule has 0 heterocycles. The van der Waals surface area contributed by atoms with Crippen molar-refractivity contribution in [3.05, 3.63) is 101 Å². The number of amides is 1. The third kappa shape index (κ3) is 5.29. The Kier molecular flexibility index (Phi) is 6.39. The number of hydrogen-bond donors (Lipinski definition) is 0. The molecule has 3 aromatic rings. The molecule has 0 radical (unpaired) electrons. The molecule has 1 unspecified atom stereocenters. The van der Waals surface area contributed by atoms with Gasteiger partial charge in [-0.1, -0.05) is 30.3 Å². The van der Waals surface area contributed by atoms with Gasteiger partial charge in [-0.05, 0) is 61.0 Å². The zero-order valence-electron chi connectivity index (χ0n) is 16.3. The lowest BCUT2D eigenvalue weighted by molar-refractivity contribution is -0.137. The van der Waals surface area contributed by atoms with E-state index < -0.39 is 6.10 Å². The summed E-state index contributed by atoms with van der Waals surface area (Å²) in [6.07, 6.45) is -0.664. The van der Waals surface area contributed by atoms with E-state index in [9.17, 15) is 14.0 Å². The first kappa shape index (κ1) is 20.3. The van der Waals surface area contributed by atoms with Crippen molar-refractivity contribution in [1.82, 2.24) is 4.90 Å². The summed E-state index contributed by atoms with van der Waals surface area (Å²) < 4.78 is 18.8. The molecule has 0 saturated carbocycles. The van der Waals surface area contributed by atoms with Gasteiger partial charge in [0.05, 0.1) is 0 Å². The first-order valence-corrected chi connectivity index (χ1v) is 9.30. The number of halogens is 1. The van der Waals surface area contributed by atoms with Crippen LogP contribution in [0.1, 0.15) is 28.4 Å². The fraction of sp³-hybridized carbons (Fsp3) is 0.167. The van der Waals surface area contributed by atoms with Crippen LogP contribution in [0.4, 0.5) is 4.39 Å². The lowest BCUT2D eigenvalue weighted by atomic mass is 10.0. The number of carbonyl (C=O) groups excluding carboxylic acids is 2. The van der Waals surface area contributed by atoms with E-state index in [2.05, 4.69) is 0 Å². The normalized spacial score (nSPS) is 11.6. The van der Waals surface area contributed by atoms with Crippen LogP contribution in [-0.4, -0.2) is 29.7 Å². The highest BCUT2D eigenvalue weighted by molar-refractivity contribution is 6.09. The lowest BCUT2D eigenvalue weighted by Crippen LogP contribution is -2.37. The maximum atomic E-state index is 13.0. The van der Waals surface area contributed by atoms with Gasteiger partial charge in [-0.15, -0.1) is 0 Å². The number of ketones is 1. The standard InChI is InChI=1S/C24H22FNO3/c1-17(24(28)26(2)16-18-6-4-3-5-7-18)29-22-14-10-20(11-15-22)23(27)19-8-12-21(25)13-9-19/h3-15,17H,16H2,1-2H3. The van der Waals surface area contributed by atoms with Crippen LogP contribution in [0.2, 0.25) is 0 Å². The second kappa shape index (κ2) is 9.15. The van der Waals surface area contributed by atoms with Crippen LogP contribution in [0.15, 0.2) is 78.9 Å². The van der Waals surface area contributed by atoms with E-state index in [1.54, 1.807) is 43.1 Å². The van der Waals surface area contributed by atoms with Gasteiger partial charge < -0.3 is 9.64 Å². The molecule has 0 fully saturated rings. The van der Waals surface area contributed by atoms with Crippen molar-refractivity contribution in [2.75, 3.05) is 7.05 Å². The Morgan fingerprint density at radius 1 is 0.897 bits per heavy atom. The van der Waals surface area contributed by atoms with E-state index in [1.165, 1.54) is 24.3 Å². The molecule has 0 aliphatic carbocycles. The van der Waals surface area contributed by atoms with E-state index in [4.69, 9.17) is 4.74 Å². The van der Waals surface area contributed by atoms with Crippen molar-refractivity contribution in [1.29, 1.82) is 0 Å². The summed E-state index contributed by atoms with van der Waals surface area (Å²) in [6, 6.07) is 21.7. The van der Waals surface area contributed by atoms with Crippen LogP contribution < -0.4 is 4.74 Å². The molecule has 148 valence electrons. The zero-order chi connectivity index (χ0) is 20.8.